The van der Waals surface area contributed by atoms with E-state index >= 15 is 0 Å². The standard InChI is InChI=1S/C16H18N2O5S.C4H8O.K/c1-16(2)12(15(21)22)18-13(20)11(14(18)24-16)17-10(19)8-23-9-6-4-3-5-7-9;1-2-4-5-3-1;/h3-7,11-12,14H,8H2,1-2H3,(H,17,19)(H,21,22);1-4H2;/q;;+1/p-1/t11-,12+,14-;;/m1../s1. The predicted molar refractivity (Wildman–Crippen MR) is 105 cm³/mol. The van der Waals surface area contributed by atoms with E-state index in [-0.39, 0.29) is 58.0 Å². The predicted octanol–water partition coefficient (Wildman–Crippen LogP) is -2.84. The first-order valence-corrected chi connectivity index (χ1v) is 10.4. The van der Waals surface area contributed by atoms with E-state index in [2.05, 4.69) is 5.32 Å². The van der Waals surface area contributed by atoms with E-state index in [1.165, 1.54) is 29.5 Å². The van der Waals surface area contributed by atoms with Crippen LogP contribution in [0, 0.1) is 0 Å². The first kappa shape index (κ1) is 25.6. The molecule has 1 aromatic rings. The second-order valence-corrected chi connectivity index (χ2v) is 9.32. The fraction of sp³-hybridized carbons (Fsp3) is 0.550. The Morgan fingerprint density at radius 2 is 1.90 bits per heavy atom. The molecular formula is C20H25KN2O6S. The quantitative estimate of drug-likeness (QED) is 0.373. The Labute approximate surface area is 222 Å². The average molecular weight is 461 g/mol. The van der Waals surface area contributed by atoms with Gasteiger partial charge in [-0.3, -0.25) is 9.59 Å². The van der Waals surface area contributed by atoms with Crippen molar-refractivity contribution in [3.05, 3.63) is 30.3 Å². The number of carboxylic acid groups (broad SMARTS) is 1. The van der Waals surface area contributed by atoms with E-state index in [1.54, 1.807) is 38.1 Å². The molecule has 3 aliphatic heterocycles. The van der Waals surface area contributed by atoms with Crippen LogP contribution in [-0.2, 0) is 19.1 Å². The van der Waals surface area contributed by atoms with Crippen LogP contribution in [-0.4, -0.2) is 64.7 Å². The van der Waals surface area contributed by atoms with Crippen molar-refractivity contribution in [3.8, 4) is 5.75 Å². The molecule has 0 aliphatic carbocycles. The number of carbonyl (C=O) groups is 3. The maximum atomic E-state index is 12.2. The minimum Gasteiger partial charge on any atom is -0.548 e. The smallest absolute Gasteiger partial charge is 0.548 e. The van der Waals surface area contributed by atoms with Crippen LogP contribution in [0.5, 0.6) is 5.75 Å². The normalized spacial score (nSPS) is 25.7. The molecule has 3 atom stereocenters. The summed E-state index contributed by atoms with van der Waals surface area (Å²) in [4.78, 5) is 36.8. The molecule has 3 fully saturated rings. The van der Waals surface area contributed by atoms with Gasteiger partial charge in [0.25, 0.3) is 5.91 Å². The number of nitrogens with one attached hydrogen (secondary N) is 1. The van der Waals surface area contributed by atoms with E-state index < -0.39 is 40.0 Å². The maximum absolute atomic E-state index is 12.2. The van der Waals surface area contributed by atoms with Gasteiger partial charge in [-0.1, -0.05) is 18.2 Å². The minimum atomic E-state index is -1.28. The number of carboxylic acids is 1. The van der Waals surface area contributed by atoms with Gasteiger partial charge < -0.3 is 29.6 Å². The van der Waals surface area contributed by atoms with Crippen molar-refractivity contribution in [1.29, 1.82) is 0 Å². The molecule has 30 heavy (non-hydrogen) atoms. The molecule has 0 spiro atoms. The van der Waals surface area contributed by atoms with Crippen molar-refractivity contribution in [3.63, 3.8) is 0 Å². The molecule has 10 heteroatoms. The van der Waals surface area contributed by atoms with Crippen molar-refractivity contribution < 1.29 is 80.3 Å². The minimum absolute atomic E-state index is 0. The molecule has 0 saturated carbocycles. The van der Waals surface area contributed by atoms with E-state index in [4.69, 9.17) is 9.47 Å². The second-order valence-electron chi connectivity index (χ2n) is 7.55. The molecule has 1 N–H and O–H groups in total. The SMILES string of the molecule is C1CCOC1.CC1(C)S[C@@H]2[C@H](NC(=O)COc3ccccc3)C(=O)N2[C@H]1C(=O)[O-].[K+]. The number of aliphatic carboxylic acids is 1. The van der Waals surface area contributed by atoms with Gasteiger partial charge >= 0.3 is 51.4 Å². The van der Waals surface area contributed by atoms with Crippen LogP contribution >= 0.6 is 11.8 Å². The number of β-lactam (4-membered cyclic amide) rings is 1. The van der Waals surface area contributed by atoms with Crippen LogP contribution in [0.1, 0.15) is 26.7 Å². The average Bonchev–Trinajstić information content (AvgIpc) is 3.34. The summed E-state index contributed by atoms with van der Waals surface area (Å²) < 4.78 is 9.61. The molecule has 2 amide bonds. The molecule has 3 heterocycles. The summed E-state index contributed by atoms with van der Waals surface area (Å²) in [5.74, 6) is -1.55. The number of hydrogen-bond donors (Lipinski definition) is 1. The fourth-order valence-corrected chi connectivity index (χ4v) is 5.14. The van der Waals surface area contributed by atoms with Crippen molar-refractivity contribution >= 4 is 29.5 Å². The number of benzene rings is 1. The second kappa shape index (κ2) is 11.3. The van der Waals surface area contributed by atoms with Crippen LogP contribution in [0.15, 0.2) is 30.3 Å². The van der Waals surface area contributed by atoms with Gasteiger partial charge in [0.05, 0.1) is 12.0 Å². The van der Waals surface area contributed by atoms with Crippen molar-refractivity contribution in [2.24, 2.45) is 0 Å². The summed E-state index contributed by atoms with van der Waals surface area (Å²) >= 11 is 1.35. The summed E-state index contributed by atoms with van der Waals surface area (Å²) in [5.41, 5.74) is 0. The number of fused-ring (bicyclic) bond motifs is 1. The summed E-state index contributed by atoms with van der Waals surface area (Å²) in [7, 11) is 0. The Morgan fingerprint density at radius 1 is 1.27 bits per heavy atom. The van der Waals surface area contributed by atoms with E-state index in [1.807, 2.05) is 6.07 Å². The largest absolute Gasteiger partial charge is 1.00 e. The van der Waals surface area contributed by atoms with Gasteiger partial charge in [0.2, 0.25) is 5.91 Å². The molecule has 1 aromatic carbocycles. The van der Waals surface area contributed by atoms with Crippen molar-refractivity contribution in [2.75, 3.05) is 19.8 Å². The monoisotopic (exact) mass is 460 g/mol. The third-order valence-corrected chi connectivity index (χ3v) is 6.49. The molecule has 4 rings (SSSR count). The number of thioether (sulfide) groups is 1. The van der Waals surface area contributed by atoms with Gasteiger partial charge in [0.15, 0.2) is 6.61 Å². The summed E-state index contributed by atoms with van der Waals surface area (Å²) in [6.45, 7) is 5.29. The molecule has 158 valence electrons. The van der Waals surface area contributed by atoms with Crippen molar-refractivity contribution in [2.45, 2.75) is 48.9 Å². The zero-order chi connectivity index (χ0) is 21.0. The van der Waals surface area contributed by atoms with Crippen LogP contribution in [0.25, 0.3) is 0 Å². The molecule has 0 unspecified atom stereocenters. The zero-order valence-corrected chi connectivity index (χ0v) is 21.4. The molecule has 8 nitrogen and oxygen atoms in total. The third-order valence-electron chi connectivity index (χ3n) is 4.92. The molecule has 3 aliphatic rings. The van der Waals surface area contributed by atoms with Crippen molar-refractivity contribution in [1.82, 2.24) is 10.2 Å². The van der Waals surface area contributed by atoms with Gasteiger partial charge in [-0.15, -0.1) is 11.8 Å². The summed E-state index contributed by atoms with van der Waals surface area (Å²) in [5, 5.41) is 13.5. The molecule has 0 bridgehead atoms. The number of amides is 2. The van der Waals surface area contributed by atoms with Crippen LogP contribution in [0.4, 0.5) is 0 Å². The van der Waals surface area contributed by atoms with Crippen LogP contribution in [0.2, 0.25) is 0 Å². The Hall–Kier alpha value is -0.624. The Kier molecular flexibility index (Phi) is 9.66. The van der Waals surface area contributed by atoms with Gasteiger partial charge in [-0.25, -0.2) is 0 Å². The zero-order valence-electron chi connectivity index (χ0n) is 17.5. The number of hydrogen-bond acceptors (Lipinski definition) is 7. The first-order valence-electron chi connectivity index (χ1n) is 9.57. The fourth-order valence-electron chi connectivity index (χ4n) is 3.52. The molecule has 3 saturated heterocycles. The number of carbonyl (C=O) groups excluding carboxylic acids is 3. The number of para-hydroxylation sites is 1. The van der Waals surface area contributed by atoms with E-state index in [0.717, 1.165) is 13.2 Å². The van der Waals surface area contributed by atoms with Gasteiger partial charge in [0.1, 0.15) is 17.2 Å². The van der Waals surface area contributed by atoms with Gasteiger partial charge in [-0.05, 0) is 38.8 Å². The first-order chi connectivity index (χ1) is 13.8. The Bertz CT molecular complexity index is 751. The molecule has 0 aromatic heterocycles. The molecule has 0 radical (unpaired) electrons. The molecular weight excluding hydrogens is 435 g/mol. The number of ether oxygens (including phenoxy) is 2. The third kappa shape index (κ3) is 5.99. The van der Waals surface area contributed by atoms with Crippen LogP contribution in [0.3, 0.4) is 0 Å². The Balaban J connectivity index is 0.000000468. The number of rotatable bonds is 5. The maximum Gasteiger partial charge on any atom is 1.00 e. The summed E-state index contributed by atoms with van der Waals surface area (Å²) in [6, 6.07) is 7.14. The van der Waals surface area contributed by atoms with E-state index in [0.29, 0.717) is 5.75 Å². The Morgan fingerprint density at radius 3 is 2.43 bits per heavy atom. The number of nitrogens with zero attached hydrogens (tertiary/aromatic N) is 1. The van der Waals surface area contributed by atoms with Gasteiger partial charge in [0, 0.05) is 18.0 Å². The van der Waals surface area contributed by atoms with Gasteiger partial charge in [-0.2, -0.15) is 0 Å². The van der Waals surface area contributed by atoms with Crippen LogP contribution < -0.4 is 66.5 Å². The van der Waals surface area contributed by atoms with E-state index in [9.17, 15) is 19.5 Å². The summed E-state index contributed by atoms with van der Waals surface area (Å²) in [6.07, 6.45) is 2.56. The topological polar surface area (TPSA) is 108 Å².